The standard InChI is InChI=1S/C112H108N8/c1-17-55-59(21-5)77-51-81-63(25-9)67(29-13)103(117-81)71(104-68(30-14)64(26-10)82(118-104)52-78-60(22-6)56(18-2)74(114-78)49-73(55)113-77)41-33-35-43-107-85-91-86(107)93-87(107)92(85)109(91,93)45-37-39-47-111-97-100-98(111)102-99(111)101(97)112(100,102)48-40-38-46-110-94-88-95(110)90-96(110)89(94)108(88,90)44-36-34-42-72-105-69(31-15)65(27-11)83(119-105)53-79-61(23-7)57(19-3)75(115-79)50-76-58(20-4)62(24-8)80(116-76)54-84-66(28-12)70(32-16)106(72)120-84/h49-54,85-102,113,115,117,120H,17-32H2,1-16H3. The highest BCUT2D eigenvalue weighted by Crippen LogP contribution is 3.12. The SMILES string of the molecule is CCC1=C(CC)c2cc3[nH]c(cc4[nH]c(c(C#CC#CC56C7C8C5C5C6C7C85C#CC#CC56C7C8C5C5C6C7C85C#CC#CC56C7C8C5C5C6C7C85C#CC#Cc5c6nc(cc7[nH]c(cc8nc(cc9[nH]c5c(CC)c9CC)C(CC)=C8CC)c(CC)c7CC)C(CC)=C6CC)c5nc(cc1n2)C(CC)=C5CC)c(CC)c4CC)c(CC)c3CC. The summed E-state index contributed by atoms with van der Waals surface area (Å²) in [5.41, 5.74) is 42.0. The first-order valence-corrected chi connectivity index (χ1v) is 47.4. The molecule has 8 heteroatoms. The Bertz CT molecular complexity index is 6690. The average Bonchev–Trinajstić information content (AvgIpc) is 0.663. The van der Waals surface area contributed by atoms with Crippen LogP contribution in [0.25, 0.3) is 88.7 Å². The van der Waals surface area contributed by atoms with Crippen LogP contribution in [0.4, 0.5) is 0 Å². The highest BCUT2D eigenvalue weighted by molar-refractivity contribution is 6.01. The summed E-state index contributed by atoms with van der Waals surface area (Å²) in [6.07, 6.45) is 14.6. The van der Waals surface area contributed by atoms with Crippen LogP contribution >= 0.6 is 0 Å². The van der Waals surface area contributed by atoms with E-state index in [-0.39, 0.29) is 32.5 Å². The largest absolute Gasteiger partial charge is 0.355 e. The predicted molar refractivity (Wildman–Crippen MR) is 484 cm³/mol. The summed E-state index contributed by atoms with van der Waals surface area (Å²) in [6.45, 7) is 36.6. The normalized spacial score (nSPS) is 35.6. The van der Waals surface area contributed by atoms with E-state index in [0.717, 1.165) is 223 Å². The maximum atomic E-state index is 5.68. The molecular formula is C112H108N8. The zero-order valence-electron chi connectivity index (χ0n) is 73.0. The number of H-pyrrole nitrogens is 4. The van der Waals surface area contributed by atoms with E-state index in [1.807, 2.05) is 0 Å². The van der Waals surface area contributed by atoms with E-state index in [4.69, 9.17) is 19.9 Å². The molecule has 0 unspecified atom stereocenters. The van der Waals surface area contributed by atoms with Gasteiger partial charge in [0.25, 0.3) is 0 Å². The Morgan fingerprint density at radius 2 is 0.417 bits per heavy atom. The molecule has 6 aromatic rings. The molecule has 18 fully saturated rings. The smallest absolute Gasteiger partial charge is 0.0850 e. The molecule has 18 saturated carbocycles. The van der Waals surface area contributed by atoms with Crippen molar-refractivity contribution in [2.24, 2.45) is 139 Å². The van der Waals surface area contributed by atoms with Gasteiger partial charge in [0.15, 0.2) is 0 Å². The summed E-state index contributed by atoms with van der Waals surface area (Å²) >= 11 is 0. The first-order chi connectivity index (χ1) is 58.7. The Balaban J connectivity index is 0.450. The number of aromatic nitrogens is 8. The van der Waals surface area contributed by atoms with Crippen molar-refractivity contribution in [1.29, 1.82) is 0 Å². The van der Waals surface area contributed by atoms with Crippen LogP contribution in [0.15, 0.2) is 36.4 Å². The van der Waals surface area contributed by atoms with Gasteiger partial charge in [-0.3, -0.25) is 0 Å². The van der Waals surface area contributed by atoms with Gasteiger partial charge in [-0.05, 0) is 394 Å². The minimum absolute atomic E-state index is 0.154. The van der Waals surface area contributed by atoms with Gasteiger partial charge in [-0.15, -0.1) is 0 Å². The Morgan fingerprint density at radius 1 is 0.217 bits per heavy atom. The van der Waals surface area contributed by atoms with Crippen LogP contribution in [-0.4, -0.2) is 39.9 Å². The third-order valence-electron chi connectivity index (χ3n) is 37.4. The molecule has 10 heterocycles. The highest BCUT2D eigenvalue weighted by atomic mass is 15.1. The fraction of sp³-hybridized carbons (Fsp3) is 0.500. The van der Waals surface area contributed by atoms with Crippen molar-refractivity contribution in [3.8, 4) is 94.7 Å². The van der Waals surface area contributed by atoms with Gasteiger partial charge in [0, 0.05) is 65.6 Å². The van der Waals surface area contributed by atoms with Gasteiger partial charge >= 0.3 is 0 Å². The number of nitrogens with one attached hydrogen (secondary N) is 4. The molecule has 0 radical (unpaired) electrons. The summed E-state index contributed by atoms with van der Waals surface area (Å²) in [7, 11) is 0. The molecule has 0 atom stereocenters. The first kappa shape index (κ1) is 72.5. The van der Waals surface area contributed by atoms with Gasteiger partial charge in [-0.25, -0.2) is 19.9 Å². The maximum Gasteiger partial charge on any atom is 0.0850 e. The average molecular weight is 1570 g/mol. The number of allylic oxidation sites excluding steroid dienone is 8. The van der Waals surface area contributed by atoms with Crippen molar-refractivity contribution in [2.75, 3.05) is 0 Å². The monoisotopic (exact) mass is 1560 g/mol. The number of fused-ring (bicyclic) bond motifs is 16. The lowest BCUT2D eigenvalue weighted by atomic mass is 8.92. The molecule has 16 bridgehead atoms. The van der Waals surface area contributed by atoms with E-state index < -0.39 is 0 Å². The van der Waals surface area contributed by atoms with Crippen LogP contribution in [0.3, 0.4) is 0 Å². The van der Waals surface area contributed by atoms with Crippen molar-refractivity contribution in [2.45, 2.75) is 214 Å². The van der Waals surface area contributed by atoms with Gasteiger partial charge in [0.2, 0.25) is 0 Å². The summed E-state index contributed by atoms with van der Waals surface area (Å²) in [4.78, 5) is 38.3. The quantitative estimate of drug-likeness (QED) is 0.0723. The van der Waals surface area contributed by atoms with Gasteiger partial charge in [-0.2, -0.15) is 0 Å². The summed E-state index contributed by atoms with van der Waals surface area (Å²) in [5.74, 6) is 72.7. The molecule has 28 rings (SSSR count). The topological polar surface area (TPSA) is 115 Å². The summed E-state index contributed by atoms with van der Waals surface area (Å²) in [5, 5.41) is 0. The fourth-order valence-corrected chi connectivity index (χ4v) is 33.7. The zero-order chi connectivity index (χ0) is 81.5. The van der Waals surface area contributed by atoms with Crippen LogP contribution in [0, 0.1) is 234 Å². The van der Waals surface area contributed by atoms with E-state index in [0.29, 0.717) is 71.0 Å². The lowest BCUT2D eigenvalue weighted by molar-refractivity contribution is -0.624. The van der Waals surface area contributed by atoms with Crippen molar-refractivity contribution in [3.63, 3.8) is 0 Å². The molecule has 596 valence electrons. The Morgan fingerprint density at radius 3 is 0.675 bits per heavy atom. The second-order valence-corrected chi connectivity index (χ2v) is 39.2. The molecule has 0 amide bonds. The minimum Gasteiger partial charge on any atom is -0.355 e. The molecule has 4 N–H and O–H groups in total. The Labute approximate surface area is 708 Å². The van der Waals surface area contributed by atoms with E-state index in [2.05, 4.69) is 262 Å². The first-order valence-electron chi connectivity index (χ1n) is 47.4. The van der Waals surface area contributed by atoms with Crippen molar-refractivity contribution in [1.82, 2.24) is 39.9 Å². The molecule has 4 aliphatic heterocycles. The van der Waals surface area contributed by atoms with Gasteiger partial charge in [-0.1, -0.05) is 146 Å². The van der Waals surface area contributed by atoms with Gasteiger partial charge < -0.3 is 19.9 Å². The number of aryl methyl sites for hydroxylation is 8. The molecule has 120 heavy (non-hydrogen) atoms. The minimum atomic E-state index is 0.154. The Hall–Kier alpha value is -10.3. The second kappa shape index (κ2) is 24.3. The van der Waals surface area contributed by atoms with E-state index >= 15 is 0 Å². The molecule has 0 spiro atoms. The number of nitrogens with zero attached hydrogens (tertiary/aromatic N) is 4. The Kier molecular flexibility index (Phi) is 14.7. The second-order valence-electron chi connectivity index (χ2n) is 39.2. The fourth-order valence-electron chi connectivity index (χ4n) is 33.7. The van der Waals surface area contributed by atoms with Gasteiger partial charge in [0.05, 0.1) is 67.7 Å². The number of hydrogen-bond acceptors (Lipinski definition) is 4. The van der Waals surface area contributed by atoms with Crippen molar-refractivity contribution >= 4 is 88.7 Å². The van der Waals surface area contributed by atoms with Gasteiger partial charge in [0.1, 0.15) is 0 Å². The third kappa shape index (κ3) is 7.52. The van der Waals surface area contributed by atoms with E-state index in [1.54, 1.807) is 0 Å². The number of rotatable bonds is 16. The predicted octanol–water partition coefficient (Wildman–Crippen LogP) is 22.0. The van der Waals surface area contributed by atoms with Crippen LogP contribution in [0.5, 0.6) is 0 Å². The number of aromatic amines is 4. The molecular weight excluding hydrogens is 1460 g/mol. The molecule has 6 aromatic heterocycles. The van der Waals surface area contributed by atoms with Crippen molar-refractivity contribution < 1.29 is 0 Å². The molecule has 8 nitrogen and oxygen atoms in total. The summed E-state index contributed by atoms with van der Waals surface area (Å²) < 4.78 is 0. The zero-order valence-corrected chi connectivity index (χ0v) is 73.0. The van der Waals surface area contributed by atoms with Crippen LogP contribution < -0.4 is 0 Å². The maximum absolute atomic E-state index is 5.68. The van der Waals surface area contributed by atoms with Crippen LogP contribution in [-0.2, 0) is 51.4 Å². The van der Waals surface area contributed by atoms with E-state index in [9.17, 15) is 0 Å². The molecule has 0 saturated heterocycles. The van der Waals surface area contributed by atoms with Crippen LogP contribution in [0.1, 0.15) is 263 Å². The van der Waals surface area contributed by atoms with Crippen LogP contribution in [0.2, 0.25) is 0 Å². The molecule has 18 aliphatic carbocycles. The van der Waals surface area contributed by atoms with E-state index in [1.165, 1.54) is 106 Å². The lowest BCUT2D eigenvalue weighted by Gasteiger charge is -3.09. The highest BCUT2D eigenvalue weighted by Gasteiger charge is 3.12. The van der Waals surface area contributed by atoms with Crippen molar-refractivity contribution in [3.05, 3.63) is 138 Å². The summed E-state index contributed by atoms with van der Waals surface area (Å²) in [6, 6.07) is 14.0. The lowest BCUT2D eigenvalue weighted by Crippen LogP contribution is -3.09. The molecule has 0 aromatic carbocycles. The third-order valence-corrected chi connectivity index (χ3v) is 37.4. The molecule has 22 aliphatic rings. The number of hydrogen-bond donors (Lipinski definition) is 4.